The summed E-state index contributed by atoms with van der Waals surface area (Å²) in [6.45, 7) is 12.5. The smallest absolute Gasteiger partial charge is 0.132 e. The van der Waals surface area contributed by atoms with E-state index in [0.29, 0.717) is 24.3 Å². The minimum atomic E-state index is -0.134. The fourth-order valence-corrected chi connectivity index (χ4v) is 13.7. The fraction of sp³-hybridized carbons (Fsp3) is 0.371. The Morgan fingerprint density at radius 2 is 0.923 bits per heavy atom. The van der Waals surface area contributed by atoms with Crippen LogP contribution in [-0.4, -0.2) is 126 Å². The first kappa shape index (κ1) is 47.5. The third-order valence-electron chi connectivity index (χ3n) is 17.7. The zero-order valence-electron chi connectivity index (χ0n) is 43.9. The average Bonchev–Trinajstić information content (AvgIpc) is 4.43. The van der Waals surface area contributed by atoms with Crippen LogP contribution in [0.4, 0.5) is 38.9 Å². The van der Waals surface area contributed by atoms with Gasteiger partial charge >= 0.3 is 0 Å². The van der Waals surface area contributed by atoms with Crippen LogP contribution in [0.15, 0.2) is 122 Å². The van der Waals surface area contributed by atoms with E-state index in [4.69, 9.17) is 24.2 Å². The molecule has 14 heterocycles. The molecule has 5 saturated heterocycles. The van der Waals surface area contributed by atoms with Crippen molar-refractivity contribution in [2.45, 2.75) is 76.0 Å². The zero-order valence-corrected chi connectivity index (χ0v) is 43.9. The van der Waals surface area contributed by atoms with E-state index >= 15 is 0 Å². The molecule has 0 unspecified atom stereocenters. The van der Waals surface area contributed by atoms with Crippen LogP contribution >= 0.6 is 0 Å². The van der Waals surface area contributed by atoms with Crippen LogP contribution in [0.2, 0.25) is 0 Å². The van der Waals surface area contributed by atoms with E-state index in [2.05, 4.69) is 134 Å². The Morgan fingerprint density at radius 3 is 1.40 bits per heavy atom. The lowest BCUT2D eigenvalue weighted by atomic mass is 10.0. The number of pyridine rings is 3. The summed E-state index contributed by atoms with van der Waals surface area (Å²) in [5.74, 6) is 3.05. The number of hydrogen-bond donors (Lipinski definition) is 3. The molecule has 0 aliphatic carbocycles. The summed E-state index contributed by atoms with van der Waals surface area (Å²) in [5, 5.41) is 3.51. The maximum Gasteiger partial charge on any atom is 0.132 e. The molecule has 0 saturated carbocycles. The number of H-pyrrole nitrogens is 3. The molecule has 0 spiro atoms. The second kappa shape index (κ2) is 20.0. The number of fused-ring (bicyclic) bond motifs is 13. The topological polar surface area (TPSA) is 133 Å². The minimum Gasteiger partial charge on any atom is -0.378 e. The lowest BCUT2D eigenvalue weighted by Gasteiger charge is -2.30. The molecule has 78 heavy (non-hydrogen) atoms. The van der Waals surface area contributed by atoms with Crippen molar-refractivity contribution in [3.63, 3.8) is 0 Å². The van der Waals surface area contributed by atoms with Gasteiger partial charge in [0.15, 0.2) is 0 Å². The van der Waals surface area contributed by atoms with Crippen LogP contribution < -0.4 is 29.4 Å². The number of benzene rings is 3. The number of morpholine rings is 3. The second-order valence-electron chi connectivity index (χ2n) is 22.2. The Morgan fingerprint density at radius 1 is 0.462 bits per heavy atom. The van der Waals surface area contributed by atoms with Gasteiger partial charge in [0.25, 0.3) is 0 Å². The van der Waals surface area contributed by atoms with Crippen molar-refractivity contribution >= 4 is 67.2 Å². The Balaban J connectivity index is 0.000000102. The molecule has 5 fully saturated rings. The van der Waals surface area contributed by atoms with Crippen molar-refractivity contribution in [2.75, 3.05) is 102 Å². The molecule has 8 aliphatic rings. The fourth-order valence-electron chi connectivity index (χ4n) is 13.7. The molecule has 3 aromatic carbocycles. The van der Waals surface area contributed by atoms with Gasteiger partial charge in [-0.25, -0.2) is 19.3 Å². The van der Waals surface area contributed by atoms with Gasteiger partial charge in [-0.05, 0) is 109 Å². The van der Waals surface area contributed by atoms with Gasteiger partial charge in [-0.1, -0.05) is 42.5 Å². The van der Waals surface area contributed by atoms with E-state index in [-0.39, 0.29) is 5.82 Å². The summed E-state index contributed by atoms with van der Waals surface area (Å²) in [6, 6.07) is 36.5. The number of ether oxygens (including phenoxy) is 3. The minimum absolute atomic E-state index is 0.134. The second-order valence-corrected chi connectivity index (χ2v) is 22.2. The van der Waals surface area contributed by atoms with E-state index < -0.39 is 0 Å². The van der Waals surface area contributed by atoms with Crippen molar-refractivity contribution < 1.29 is 18.6 Å². The first-order valence-electron chi connectivity index (χ1n) is 28.2. The maximum atomic E-state index is 14.2. The molecule has 6 aromatic heterocycles. The van der Waals surface area contributed by atoms with E-state index in [1.54, 1.807) is 6.07 Å². The number of rotatable bonds is 6. The van der Waals surface area contributed by atoms with E-state index in [9.17, 15) is 4.39 Å². The Kier molecular flexibility index (Phi) is 12.2. The summed E-state index contributed by atoms with van der Waals surface area (Å²) in [5.41, 5.74) is 14.8. The molecule has 4 bridgehead atoms. The van der Waals surface area contributed by atoms with Gasteiger partial charge < -0.3 is 58.6 Å². The highest BCUT2D eigenvalue weighted by molar-refractivity contribution is 5.87. The zero-order chi connectivity index (χ0) is 51.7. The molecule has 0 amide bonds. The first-order chi connectivity index (χ1) is 38.5. The van der Waals surface area contributed by atoms with Crippen molar-refractivity contribution in [3.05, 3.63) is 161 Å². The van der Waals surface area contributed by atoms with E-state index in [1.165, 1.54) is 61.8 Å². The Hall–Kier alpha value is -7.66. The molecule has 17 rings (SSSR count). The van der Waals surface area contributed by atoms with Gasteiger partial charge in [0.2, 0.25) is 0 Å². The first-order valence-corrected chi connectivity index (χ1v) is 28.2. The van der Waals surface area contributed by atoms with Crippen molar-refractivity contribution in [1.82, 2.24) is 29.9 Å². The summed E-state index contributed by atoms with van der Waals surface area (Å²) in [7, 11) is 0. The Bertz CT molecular complexity index is 3450. The van der Waals surface area contributed by atoms with Gasteiger partial charge in [-0.15, -0.1) is 0 Å². The summed E-state index contributed by atoms with van der Waals surface area (Å²) >= 11 is 0. The SMILES string of the molecule is Fc1cccc2[nH]c3c(c12)CCN(c1ccc(N2CCOCC2)nc1)C3.c1ccc2c3c([nH]c2c1)CN(c1ccc(N2C[C@@H]4C[C@H]2CO4)nc1)CC3.c1ccc2c3c([nH]c2c1)CN(c1ccc(N2C[C@H]4C[C@@H]2CO4)nc1)CC3. The third-order valence-corrected chi connectivity index (χ3v) is 17.7. The highest BCUT2D eigenvalue weighted by atomic mass is 19.1. The molecule has 3 N–H and O–H groups in total. The number of aromatic nitrogens is 6. The van der Waals surface area contributed by atoms with Crippen LogP contribution in [-0.2, 0) is 53.1 Å². The van der Waals surface area contributed by atoms with Crippen molar-refractivity contribution in [2.24, 2.45) is 0 Å². The largest absolute Gasteiger partial charge is 0.378 e. The number of hydrogen-bond acceptors (Lipinski definition) is 12. The van der Waals surface area contributed by atoms with E-state index in [0.717, 1.165) is 169 Å². The van der Waals surface area contributed by atoms with Crippen LogP contribution in [0.5, 0.6) is 0 Å². The van der Waals surface area contributed by atoms with Gasteiger partial charge in [0.1, 0.15) is 23.3 Å². The predicted molar refractivity (Wildman–Crippen MR) is 306 cm³/mol. The number of nitrogens with zero attached hydrogens (tertiary/aromatic N) is 9. The summed E-state index contributed by atoms with van der Waals surface area (Å²) < 4.78 is 31.0. The van der Waals surface area contributed by atoms with Gasteiger partial charge in [0.05, 0.1) is 106 Å². The number of para-hydroxylation sites is 2. The van der Waals surface area contributed by atoms with Crippen molar-refractivity contribution in [1.29, 1.82) is 0 Å². The molecular weight excluding hydrogens is 980 g/mol. The van der Waals surface area contributed by atoms with Crippen LogP contribution in [0.25, 0.3) is 32.7 Å². The summed E-state index contributed by atoms with van der Waals surface area (Å²) in [6.07, 6.45) is 12.1. The van der Waals surface area contributed by atoms with Gasteiger partial charge in [0, 0.05) is 95.6 Å². The van der Waals surface area contributed by atoms with Gasteiger partial charge in [-0.2, -0.15) is 0 Å². The third kappa shape index (κ3) is 8.83. The number of nitrogens with one attached hydrogen (secondary N) is 3. The van der Waals surface area contributed by atoms with Gasteiger partial charge in [-0.3, -0.25) is 0 Å². The van der Waals surface area contributed by atoms with Crippen LogP contribution in [0.1, 0.15) is 46.6 Å². The predicted octanol–water partition coefficient (Wildman–Crippen LogP) is 9.31. The molecule has 16 heteroatoms. The molecule has 9 aromatic rings. The molecule has 15 nitrogen and oxygen atoms in total. The number of anilines is 6. The molecule has 398 valence electrons. The monoisotopic (exact) mass is 1040 g/mol. The van der Waals surface area contributed by atoms with E-state index in [1.807, 2.05) is 24.7 Å². The maximum absolute atomic E-state index is 14.2. The van der Waals surface area contributed by atoms with Crippen LogP contribution in [0.3, 0.4) is 0 Å². The van der Waals surface area contributed by atoms with Crippen LogP contribution in [0, 0.1) is 5.82 Å². The average molecular weight is 1050 g/mol. The molecule has 8 aliphatic heterocycles. The lowest BCUT2D eigenvalue weighted by molar-refractivity contribution is 0.0987. The molecule has 0 radical (unpaired) electrons. The highest BCUT2D eigenvalue weighted by Crippen LogP contribution is 2.37. The van der Waals surface area contributed by atoms with Crippen molar-refractivity contribution in [3.8, 4) is 0 Å². The quantitative estimate of drug-likeness (QED) is 0.147. The normalized spacial score (nSPS) is 22.2. The Labute approximate surface area is 452 Å². The standard InChI is InChI=1S/2C21H22N4O.C20H21FN4O/c2*1-2-4-19-17(3-1)18-7-8-24(12-20(18)23-19)14-5-6-21(22-10-14)25-11-16-9-15(25)13-26-16;21-16-2-1-3-17-20(16)15-6-7-25(13-18(15)23-17)14-4-5-19(22-12-14)24-8-10-26-11-9-24/h2*1-6,10,15-16,23H,7-9,11-13H2;1-5,12,23H,6-11,13H2/t2*15-,16-;/m10./s1. The number of aromatic amines is 3. The lowest BCUT2D eigenvalue weighted by Crippen LogP contribution is -2.37. The number of halogens is 1. The molecular formula is C62H65FN12O3. The summed E-state index contributed by atoms with van der Waals surface area (Å²) in [4.78, 5) is 39.0. The molecule has 4 atom stereocenters. The highest BCUT2D eigenvalue weighted by Gasteiger charge is 2.41.